The van der Waals surface area contributed by atoms with Crippen LogP contribution in [0.3, 0.4) is 0 Å². The molecule has 0 saturated carbocycles. The molecule has 35 heavy (non-hydrogen) atoms. The van der Waals surface area contributed by atoms with Crippen LogP contribution in [0.4, 0.5) is 4.79 Å². The molecule has 0 spiro atoms. The Balaban J connectivity index is 0.00000210. The largest absolute Gasteiger partial charge is 0.445 e. The molecule has 1 unspecified atom stereocenters. The van der Waals surface area contributed by atoms with Gasteiger partial charge in [0.05, 0.1) is 6.10 Å². The number of nitrogens with zero attached hydrogens (tertiary/aromatic N) is 2. The Morgan fingerprint density at radius 1 is 1.17 bits per heavy atom. The molecule has 0 fully saturated rings. The minimum Gasteiger partial charge on any atom is -0.445 e. The minimum atomic E-state index is -0.417. The van der Waals surface area contributed by atoms with E-state index in [9.17, 15) is 9.90 Å². The highest BCUT2D eigenvalue weighted by Crippen LogP contribution is 2.28. The monoisotopic (exact) mass is 501 g/mol. The number of amides is 1. The van der Waals surface area contributed by atoms with Crippen molar-refractivity contribution >= 4 is 18.0 Å². The van der Waals surface area contributed by atoms with Crippen LogP contribution in [0.25, 0.3) is 0 Å². The number of aliphatic hydroxyl groups excluding tert-OH is 2. The Morgan fingerprint density at radius 3 is 2.80 bits per heavy atom. The van der Waals surface area contributed by atoms with Gasteiger partial charge < -0.3 is 20.3 Å². The summed E-state index contributed by atoms with van der Waals surface area (Å²) in [4.78, 5) is 17.1. The number of aromatic nitrogens is 1. The van der Waals surface area contributed by atoms with E-state index in [1.807, 2.05) is 24.3 Å². The summed E-state index contributed by atoms with van der Waals surface area (Å²) in [6.07, 6.45) is 14.1. The van der Waals surface area contributed by atoms with Crippen molar-refractivity contribution in [3.8, 4) is 0 Å². The van der Waals surface area contributed by atoms with E-state index in [4.69, 9.17) is 9.84 Å². The van der Waals surface area contributed by atoms with Crippen molar-refractivity contribution in [2.24, 2.45) is 0 Å². The molecule has 2 aromatic rings. The van der Waals surface area contributed by atoms with E-state index >= 15 is 0 Å². The smallest absolute Gasteiger partial charge is 0.407 e. The van der Waals surface area contributed by atoms with Crippen LogP contribution in [0.15, 0.2) is 65.8 Å². The summed E-state index contributed by atoms with van der Waals surface area (Å²) in [6.45, 7) is 2.62. The fourth-order valence-corrected chi connectivity index (χ4v) is 4.71. The van der Waals surface area contributed by atoms with Crippen molar-refractivity contribution in [2.45, 2.75) is 62.6 Å². The molecule has 2 bridgehead atoms. The highest BCUT2D eigenvalue weighted by atomic mass is 32.2. The van der Waals surface area contributed by atoms with Crippen LogP contribution in [0.5, 0.6) is 0 Å². The number of carbonyl (C=O) groups excluding carboxylic acids is 1. The Hall–Kier alpha value is -2.39. The molecule has 1 amide bonds. The van der Waals surface area contributed by atoms with Crippen LogP contribution in [-0.4, -0.2) is 52.3 Å². The Kier molecular flexibility index (Phi) is 14.8. The third-order valence-electron chi connectivity index (χ3n) is 5.47. The average Bonchev–Trinajstić information content (AvgIpc) is 2.90. The summed E-state index contributed by atoms with van der Waals surface area (Å²) in [7, 11) is 1.00. The molecular weight excluding hydrogens is 462 g/mol. The second-order valence-electron chi connectivity index (χ2n) is 8.22. The maximum Gasteiger partial charge on any atom is 0.407 e. The number of hydrogen-bond donors (Lipinski definition) is 3. The maximum absolute atomic E-state index is 12.0. The van der Waals surface area contributed by atoms with Gasteiger partial charge in [-0.2, -0.15) is 0 Å². The normalized spacial score (nSPS) is 18.2. The number of nitrogens with one attached hydrogen (secondary N) is 1. The van der Waals surface area contributed by atoms with Crippen molar-refractivity contribution in [3.63, 3.8) is 0 Å². The molecule has 0 aliphatic carbocycles. The molecule has 1 aliphatic heterocycles. The second kappa shape index (κ2) is 18.0. The van der Waals surface area contributed by atoms with Gasteiger partial charge in [0.2, 0.25) is 0 Å². The molecule has 1 aliphatic rings. The van der Waals surface area contributed by atoms with Gasteiger partial charge in [-0.15, -0.1) is 0 Å². The Morgan fingerprint density at radius 2 is 2.00 bits per heavy atom. The third kappa shape index (κ3) is 12.2. The number of allylic oxidation sites excluding steroid dienone is 2. The molecule has 0 saturated heterocycles. The zero-order chi connectivity index (χ0) is 25.1. The van der Waals surface area contributed by atoms with Crippen molar-refractivity contribution in [1.29, 1.82) is 0 Å². The molecule has 192 valence electrons. The van der Waals surface area contributed by atoms with E-state index in [-0.39, 0.29) is 6.61 Å². The molecular formula is C27H39N3O4S. The quantitative estimate of drug-likeness (QED) is 0.282. The standard InChI is InChI=1S/C26H35N3O3S.CH4O/c30-25-14-6-4-2-1-3-5-7-17-29(33-24-13-8-12-23(25)19-24)18-10-16-28-26(31)32-21-22-11-9-15-27-20-22;1-2/h1-2,8-9,11-13,15,19-20,25,30H,3-7,10,14,16-18,21H2,(H,28,31);2H,1H3/b2-1+;. The first-order chi connectivity index (χ1) is 17.2. The van der Waals surface area contributed by atoms with Gasteiger partial charge in [0, 0.05) is 49.6 Å². The van der Waals surface area contributed by atoms with Crippen LogP contribution >= 0.6 is 11.9 Å². The average molecular weight is 502 g/mol. The zero-order valence-electron chi connectivity index (χ0n) is 20.6. The van der Waals surface area contributed by atoms with Crippen LogP contribution in [0, 0.1) is 0 Å². The second-order valence-corrected chi connectivity index (χ2v) is 9.39. The number of aliphatic hydroxyl groups is 2. The topological polar surface area (TPSA) is 94.9 Å². The number of pyridine rings is 1. The SMILES string of the molecule is CO.O=C(NCCCN1CCCC/C=C/CCCC(O)c2cccc(c2)S1)OCc1cccnc1. The lowest BCUT2D eigenvalue weighted by Crippen LogP contribution is -2.28. The van der Waals surface area contributed by atoms with Gasteiger partial charge in [0.1, 0.15) is 6.61 Å². The van der Waals surface area contributed by atoms with Crippen LogP contribution in [-0.2, 0) is 11.3 Å². The fourth-order valence-electron chi connectivity index (χ4n) is 3.64. The van der Waals surface area contributed by atoms with E-state index in [1.54, 1.807) is 24.3 Å². The molecule has 3 N–H and O–H groups in total. The van der Waals surface area contributed by atoms with Gasteiger partial charge in [-0.25, -0.2) is 9.10 Å². The number of benzene rings is 1. The fraction of sp³-hybridized carbons (Fsp3) is 0.481. The summed E-state index contributed by atoms with van der Waals surface area (Å²) in [5, 5.41) is 20.4. The molecule has 8 heteroatoms. The summed E-state index contributed by atoms with van der Waals surface area (Å²) in [5.74, 6) is 0. The predicted molar refractivity (Wildman–Crippen MR) is 141 cm³/mol. The molecule has 3 rings (SSSR count). The Bertz CT molecular complexity index is 867. The molecule has 2 heterocycles. The summed E-state index contributed by atoms with van der Waals surface area (Å²) < 4.78 is 7.60. The highest BCUT2D eigenvalue weighted by molar-refractivity contribution is 7.97. The summed E-state index contributed by atoms with van der Waals surface area (Å²) in [6, 6.07) is 11.9. The first-order valence-corrected chi connectivity index (χ1v) is 13.1. The summed E-state index contributed by atoms with van der Waals surface area (Å²) >= 11 is 1.73. The third-order valence-corrected chi connectivity index (χ3v) is 6.56. The molecule has 1 aromatic heterocycles. The number of ether oxygens (including phenoxy) is 1. The lowest BCUT2D eigenvalue weighted by Gasteiger charge is -2.22. The van der Waals surface area contributed by atoms with Gasteiger partial charge in [-0.3, -0.25) is 4.98 Å². The van der Waals surface area contributed by atoms with Crippen molar-refractivity contribution < 1.29 is 19.7 Å². The highest BCUT2D eigenvalue weighted by Gasteiger charge is 2.12. The van der Waals surface area contributed by atoms with Crippen molar-refractivity contribution in [2.75, 3.05) is 26.7 Å². The first-order valence-electron chi connectivity index (χ1n) is 12.3. The van der Waals surface area contributed by atoms with Gasteiger partial charge in [0.25, 0.3) is 0 Å². The number of hydrogen-bond acceptors (Lipinski definition) is 7. The van der Waals surface area contributed by atoms with E-state index in [2.05, 4.69) is 38.9 Å². The van der Waals surface area contributed by atoms with Gasteiger partial charge in [-0.1, -0.05) is 30.4 Å². The number of fused-ring (bicyclic) bond motifs is 2. The summed E-state index contributed by atoms with van der Waals surface area (Å²) in [5.41, 5.74) is 1.85. The van der Waals surface area contributed by atoms with E-state index in [1.165, 1.54) is 0 Å². The number of rotatable bonds is 6. The maximum atomic E-state index is 12.0. The van der Waals surface area contributed by atoms with Crippen molar-refractivity contribution in [1.82, 2.24) is 14.6 Å². The molecule has 7 nitrogen and oxygen atoms in total. The van der Waals surface area contributed by atoms with Gasteiger partial charge in [-0.05, 0) is 80.7 Å². The van der Waals surface area contributed by atoms with Gasteiger partial charge in [0.15, 0.2) is 0 Å². The lowest BCUT2D eigenvalue weighted by molar-refractivity contribution is 0.139. The lowest BCUT2D eigenvalue weighted by atomic mass is 10.0. The number of carbonyl (C=O) groups is 1. The van der Waals surface area contributed by atoms with E-state index in [0.717, 1.165) is 81.2 Å². The van der Waals surface area contributed by atoms with E-state index < -0.39 is 12.2 Å². The Labute approximate surface area is 213 Å². The van der Waals surface area contributed by atoms with Crippen molar-refractivity contribution in [3.05, 3.63) is 72.1 Å². The number of alkyl carbamates (subject to hydrolysis) is 1. The minimum absolute atomic E-state index is 0.221. The van der Waals surface area contributed by atoms with Crippen LogP contribution < -0.4 is 5.32 Å². The molecule has 1 aromatic carbocycles. The van der Waals surface area contributed by atoms with Gasteiger partial charge >= 0.3 is 6.09 Å². The zero-order valence-corrected chi connectivity index (χ0v) is 21.5. The van der Waals surface area contributed by atoms with E-state index in [0.29, 0.717) is 6.54 Å². The first kappa shape index (κ1) is 28.8. The van der Waals surface area contributed by atoms with Crippen LogP contribution in [0.1, 0.15) is 62.2 Å². The molecule has 0 radical (unpaired) electrons. The predicted octanol–water partition coefficient (Wildman–Crippen LogP) is 5.26. The molecule has 1 atom stereocenters. The van der Waals surface area contributed by atoms with Crippen LogP contribution in [0.2, 0.25) is 0 Å².